The largest absolute Gasteiger partial charge is 0.304 e. The van der Waals surface area contributed by atoms with Crippen LogP contribution in [0.4, 0.5) is 0 Å². The van der Waals surface area contributed by atoms with Crippen molar-refractivity contribution in [1.82, 2.24) is 9.38 Å². The van der Waals surface area contributed by atoms with Crippen molar-refractivity contribution in [2.75, 3.05) is 0 Å². The number of fused-ring (bicyclic) bond motifs is 1. The van der Waals surface area contributed by atoms with Crippen molar-refractivity contribution in [3.05, 3.63) is 41.9 Å². The lowest BCUT2D eigenvalue weighted by Crippen LogP contribution is -1.87. The second-order valence-corrected chi connectivity index (χ2v) is 3.18. The summed E-state index contributed by atoms with van der Waals surface area (Å²) in [6.07, 6.45) is 3.86. The highest BCUT2D eigenvalue weighted by Gasteiger charge is 2.02. The van der Waals surface area contributed by atoms with Crippen LogP contribution in [0.3, 0.4) is 0 Å². The van der Waals surface area contributed by atoms with E-state index in [1.807, 2.05) is 31.3 Å². The molecule has 0 aliphatic carbocycles. The molecule has 0 aliphatic rings. The van der Waals surface area contributed by atoms with Crippen LogP contribution >= 0.6 is 0 Å². The zero-order valence-electron chi connectivity index (χ0n) is 7.91. The van der Waals surface area contributed by atoms with Crippen LogP contribution in [0.2, 0.25) is 0 Å². The molecule has 0 spiro atoms. The van der Waals surface area contributed by atoms with Gasteiger partial charge in [-0.05, 0) is 31.5 Å². The van der Waals surface area contributed by atoms with Gasteiger partial charge in [0.2, 0.25) is 0 Å². The fourth-order valence-electron chi connectivity index (χ4n) is 1.43. The van der Waals surface area contributed by atoms with Gasteiger partial charge in [0, 0.05) is 11.9 Å². The van der Waals surface area contributed by atoms with E-state index in [-0.39, 0.29) is 0 Å². The van der Waals surface area contributed by atoms with E-state index in [1.165, 1.54) is 5.69 Å². The van der Waals surface area contributed by atoms with E-state index in [4.69, 9.17) is 0 Å². The summed E-state index contributed by atoms with van der Waals surface area (Å²) in [6, 6.07) is 4.07. The molecule has 13 heavy (non-hydrogen) atoms. The Hall–Kier alpha value is -1.57. The maximum atomic E-state index is 4.44. The van der Waals surface area contributed by atoms with Crippen LogP contribution in [0, 0.1) is 13.8 Å². The summed E-state index contributed by atoms with van der Waals surface area (Å²) in [7, 11) is 0. The van der Waals surface area contributed by atoms with Crippen LogP contribution in [-0.2, 0) is 0 Å². The molecule has 0 aromatic carbocycles. The summed E-state index contributed by atoms with van der Waals surface area (Å²) < 4.78 is 2.09. The topological polar surface area (TPSA) is 17.3 Å². The molecule has 2 nitrogen and oxygen atoms in total. The molecule has 0 amide bonds. The van der Waals surface area contributed by atoms with Crippen LogP contribution in [0.5, 0.6) is 0 Å². The maximum absolute atomic E-state index is 4.44. The third-order valence-corrected chi connectivity index (χ3v) is 2.36. The third-order valence-electron chi connectivity index (χ3n) is 2.36. The molecule has 0 fully saturated rings. The standard InChI is InChI=1S/C11H12N2/c1-4-10-5-6-13-9(3)8(2)12-11(13)7-10/h4-7H,1H2,2-3H3. The monoisotopic (exact) mass is 172 g/mol. The lowest BCUT2D eigenvalue weighted by molar-refractivity contribution is 1.09. The summed E-state index contributed by atoms with van der Waals surface area (Å²) in [5.74, 6) is 0. The van der Waals surface area contributed by atoms with E-state index < -0.39 is 0 Å². The van der Waals surface area contributed by atoms with Crippen molar-refractivity contribution >= 4 is 11.7 Å². The number of imidazole rings is 1. The number of pyridine rings is 1. The third kappa shape index (κ3) is 1.15. The van der Waals surface area contributed by atoms with Gasteiger partial charge in [0.05, 0.1) is 5.69 Å². The first kappa shape index (κ1) is 8.05. The van der Waals surface area contributed by atoms with Crippen molar-refractivity contribution in [2.24, 2.45) is 0 Å². The lowest BCUT2D eigenvalue weighted by Gasteiger charge is -1.97. The first-order valence-electron chi connectivity index (χ1n) is 4.30. The van der Waals surface area contributed by atoms with Crippen LogP contribution in [0.1, 0.15) is 17.0 Å². The first-order chi connectivity index (χ1) is 6.22. The van der Waals surface area contributed by atoms with E-state index in [0.717, 1.165) is 16.9 Å². The highest BCUT2D eigenvalue weighted by molar-refractivity contribution is 5.55. The highest BCUT2D eigenvalue weighted by atomic mass is 15.0. The highest BCUT2D eigenvalue weighted by Crippen LogP contribution is 2.12. The summed E-state index contributed by atoms with van der Waals surface area (Å²) in [6.45, 7) is 7.83. The van der Waals surface area contributed by atoms with E-state index in [9.17, 15) is 0 Å². The molecule has 0 aliphatic heterocycles. The minimum Gasteiger partial charge on any atom is -0.304 e. The minimum absolute atomic E-state index is 0.993. The van der Waals surface area contributed by atoms with Crippen LogP contribution in [0.25, 0.3) is 11.7 Å². The van der Waals surface area contributed by atoms with Gasteiger partial charge in [0.15, 0.2) is 0 Å². The second-order valence-electron chi connectivity index (χ2n) is 3.18. The molecule has 2 rings (SSSR count). The SMILES string of the molecule is C=Cc1ccn2c(C)c(C)nc2c1. The predicted octanol–water partition coefficient (Wildman–Crippen LogP) is 2.59. The van der Waals surface area contributed by atoms with Crippen molar-refractivity contribution in [3.63, 3.8) is 0 Å². The number of rotatable bonds is 1. The molecule has 66 valence electrons. The first-order valence-corrected chi connectivity index (χ1v) is 4.30. The fourth-order valence-corrected chi connectivity index (χ4v) is 1.43. The number of aromatic nitrogens is 2. The average Bonchev–Trinajstić information content (AvgIpc) is 2.42. The molecule has 0 unspecified atom stereocenters. The van der Waals surface area contributed by atoms with Crippen molar-refractivity contribution in [2.45, 2.75) is 13.8 Å². The number of aryl methyl sites for hydroxylation is 2. The molecule has 2 aromatic rings. The Kier molecular flexibility index (Phi) is 1.69. The number of hydrogen-bond donors (Lipinski definition) is 0. The number of nitrogens with zero attached hydrogens (tertiary/aromatic N) is 2. The van der Waals surface area contributed by atoms with Gasteiger partial charge in [0.25, 0.3) is 0 Å². The Labute approximate surface area is 77.5 Å². The molecule has 0 N–H and O–H groups in total. The van der Waals surface area contributed by atoms with E-state index in [1.54, 1.807) is 0 Å². The van der Waals surface area contributed by atoms with Gasteiger partial charge < -0.3 is 4.40 Å². The minimum atomic E-state index is 0.993. The molecular weight excluding hydrogens is 160 g/mol. The van der Waals surface area contributed by atoms with Crippen LogP contribution in [0.15, 0.2) is 24.9 Å². The molecular formula is C11H12N2. The van der Waals surface area contributed by atoms with Gasteiger partial charge in [-0.2, -0.15) is 0 Å². The van der Waals surface area contributed by atoms with Gasteiger partial charge >= 0.3 is 0 Å². The zero-order valence-corrected chi connectivity index (χ0v) is 7.91. The van der Waals surface area contributed by atoms with Crippen molar-refractivity contribution in [1.29, 1.82) is 0 Å². The van der Waals surface area contributed by atoms with Crippen molar-refractivity contribution in [3.8, 4) is 0 Å². The second kappa shape index (κ2) is 2.73. The summed E-state index contributed by atoms with van der Waals surface area (Å²) in [5, 5.41) is 0. The number of hydrogen-bond acceptors (Lipinski definition) is 1. The molecule has 0 bridgehead atoms. The summed E-state index contributed by atoms with van der Waals surface area (Å²) in [4.78, 5) is 4.44. The average molecular weight is 172 g/mol. The van der Waals surface area contributed by atoms with Gasteiger partial charge in [-0.25, -0.2) is 4.98 Å². The Morgan fingerprint density at radius 2 is 2.23 bits per heavy atom. The predicted molar refractivity (Wildman–Crippen MR) is 54.8 cm³/mol. The molecule has 2 aromatic heterocycles. The maximum Gasteiger partial charge on any atom is 0.137 e. The molecule has 0 radical (unpaired) electrons. The summed E-state index contributed by atoms with van der Waals surface area (Å²) in [5.41, 5.74) is 4.39. The van der Waals surface area contributed by atoms with Gasteiger partial charge in [0.1, 0.15) is 5.65 Å². The smallest absolute Gasteiger partial charge is 0.137 e. The van der Waals surface area contributed by atoms with Gasteiger partial charge in [-0.3, -0.25) is 0 Å². The quantitative estimate of drug-likeness (QED) is 0.646. The Morgan fingerprint density at radius 3 is 2.92 bits per heavy atom. The van der Waals surface area contributed by atoms with Crippen molar-refractivity contribution < 1.29 is 0 Å². The molecule has 0 saturated carbocycles. The molecule has 0 atom stereocenters. The van der Waals surface area contributed by atoms with E-state index in [2.05, 4.69) is 22.9 Å². The Morgan fingerprint density at radius 1 is 1.46 bits per heavy atom. The van der Waals surface area contributed by atoms with Gasteiger partial charge in [-0.1, -0.05) is 12.7 Å². The Bertz CT molecular complexity index is 466. The Balaban J connectivity index is 2.79. The van der Waals surface area contributed by atoms with E-state index in [0.29, 0.717) is 0 Å². The molecule has 0 saturated heterocycles. The summed E-state index contributed by atoms with van der Waals surface area (Å²) >= 11 is 0. The van der Waals surface area contributed by atoms with Gasteiger partial charge in [-0.15, -0.1) is 0 Å². The van der Waals surface area contributed by atoms with Crippen LogP contribution in [-0.4, -0.2) is 9.38 Å². The zero-order chi connectivity index (χ0) is 9.42. The van der Waals surface area contributed by atoms with Crippen LogP contribution < -0.4 is 0 Å². The van der Waals surface area contributed by atoms with E-state index >= 15 is 0 Å². The molecule has 2 heteroatoms. The molecule has 2 heterocycles. The lowest BCUT2D eigenvalue weighted by atomic mass is 10.2. The fraction of sp³-hybridized carbons (Fsp3) is 0.182. The normalized spacial score (nSPS) is 10.6.